The van der Waals surface area contributed by atoms with Gasteiger partial charge >= 0.3 is 11.9 Å². The van der Waals surface area contributed by atoms with Crippen molar-refractivity contribution in [1.82, 2.24) is 34.9 Å². The number of pyridine rings is 2. The molecule has 0 saturated heterocycles. The third-order valence-electron chi connectivity index (χ3n) is 6.16. The molecular formula is C35H40BrFN10O5S2. The molecule has 0 radical (unpaired) electrons. The third kappa shape index (κ3) is 17.4. The predicted molar refractivity (Wildman–Crippen MR) is 212 cm³/mol. The first kappa shape index (κ1) is 43.0. The second-order valence-corrected chi connectivity index (χ2v) is 12.6. The van der Waals surface area contributed by atoms with Crippen LogP contribution >= 0.6 is 39.5 Å². The Morgan fingerprint density at radius 3 is 1.96 bits per heavy atom. The molecule has 5 aromatic heterocycles. The molecule has 5 heterocycles. The topological polar surface area (TPSA) is 210 Å². The van der Waals surface area contributed by atoms with Crippen LogP contribution in [0.5, 0.6) is 0 Å². The third-order valence-corrected chi connectivity index (χ3v) is 8.17. The monoisotopic (exact) mass is 843 g/mol. The van der Waals surface area contributed by atoms with Gasteiger partial charge in [-0.05, 0) is 75.3 Å². The number of anilines is 3. The minimum Gasteiger partial charge on any atom is -0.466 e. The lowest BCUT2D eigenvalue weighted by Gasteiger charge is -2.07. The van der Waals surface area contributed by atoms with Gasteiger partial charge in [0, 0.05) is 48.5 Å². The number of nitrogens with one attached hydrogen (secondary N) is 2. The molecule has 0 aliphatic heterocycles. The summed E-state index contributed by atoms with van der Waals surface area (Å²) >= 11 is 9.29. The second-order valence-electron chi connectivity index (χ2n) is 9.96. The highest BCUT2D eigenvalue weighted by Crippen LogP contribution is 2.32. The molecule has 0 aromatic carbocycles. The zero-order chi connectivity index (χ0) is 40.3. The minimum absolute atomic E-state index is 0.116. The lowest BCUT2D eigenvalue weighted by molar-refractivity contribution is -0.144. The van der Waals surface area contributed by atoms with Crippen LogP contribution < -0.4 is 16.4 Å². The molecule has 286 valence electrons. The molecule has 0 spiro atoms. The molecule has 54 heavy (non-hydrogen) atoms. The fourth-order valence-corrected chi connectivity index (χ4v) is 5.46. The van der Waals surface area contributed by atoms with Crippen molar-refractivity contribution in [1.29, 1.82) is 0 Å². The first-order valence-corrected chi connectivity index (χ1v) is 18.3. The van der Waals surface area contributed by atoms with Crippen LogP contribution in [0, 0.1) is 0 Å². The number of aryl methyl sites for hydroxylation is 1. The van der Waals surface area contributed by atoms with Crippen molar-refractivity contribution in [3.05, 3.63) is 96.3 Å². The molecule has 1 atom stereocenters. The summed E-state index contributed by atoms with van der Waals surface area (Å²) in [6, 6.07) is 14.3. The van der Waals surface area contributed by atoms with Crippen LogP contribution in [0.2, 0.25) is 0 Å². The Bertz CT molecular complexity index is 1860. The Morgan fingerprint density at radius 2 is 1.43 bits per heavy atom. The number of hydrogen-bond acceptors (Lipinski definition) is 15. The molecule has 0 saturated carbocycles. The predicted octanol–water partition coefficient (Wildman–Crippen LogP) is 6.32. The van der Waals surface area contributed by atoms with Gasteiger partial charge < -0.3 is 25.8 Å². The number of hydrogen-bond donors (Lipinski definition) is 3. The van der Waals surface area contributed by atoms with E-state index < -0.39 is 12.0 Å². The Balaban J connectivity index is 0.000000300. The zero-order valence-corrected chi connectivity index (χ0v) is 32.7. The van der Waals surface area contributed by atoms with Crippen molar-refractivity contribution in [2.45, 2.75) is 44.4 Å². The lowest BCUT2D eigenvalue weighted by Crippen LogP contribution is -2.20. The number of alkyl halides is 2. The van der Waals surface area contributed by atoms with Gasteiger partial charge in [-0.1, -0.05) is 28.1 Å². The number of rotatable bonds is 14. The van der Waals surface area contributed by atoms with Crippen molar-refractivity contribution >= 4 is 79.3 Å². The van der Waals surface area contributed by atoms with Crippen LogP contribution in [0.25, 0.3) is 11.4 Å². The average Bonchev–Trinajstić information content (AvgIpc) is 3.60. The van der Waals surface area contributed by atoms with Gasteiger partial charge in [0.15, 0.2) is 16.0 Å². The van der Waals surface area contributed by atoms with Gasteiger partial charge in [-0.25, -0.2) is 24.9 Å². The molecule has 5 aromatic rings. The number of nitrogens with zero attached hydrogens (tertiary/aromatic N) is 7. The number of thiocarbonyl (C=S) groups is 1. The molecule has 0 aliphatic carbocycles. The summed E-state index contributed by atoms with van der Waals surface area (Å²) in [5.74, 6) is 0.278. The van der Waals surface area contributed by atoms with E-state index in [0.717, 1.165) is 16.3 Å². The number of carbonyl (C=O) groups is 3. The van der Waals surface area contributed by atoms with E-state index in [1.165, 1.54) is 11.3 Å². The van der Waals surface area contributed by atoms with Crippen LogP contribution in [-0.2, 0) is 25.5 Å². The summed E-state index contributed by atoms with van der Waals surface area (Å²) in [5, 5.41) is 6.51. The Morgan fingerprint density at radius 1 is 0.870 bits per heavy atom. The maximum atomic E-state index is 11.9. The molecule has 0 bridgehead atoms. The van der Waals surface area contributed by atoms with E-state index in [9.17, 15) is 18.8 Å². The molecular weight excluding hydrogens is 803 g/mol. The summed E-state index contributed by atoms with van der Waals surface area (Å²) in [4.78, 5) is 64.1. The van der Waals surface area contributed by atoms with E-state index in [2.05, 4.69) is 73.7 Å². The van der Waals surface area contributed by atoms with E-state index in [1.807, 2.05) is 18.2 Å². The van der Waals surface area contributed by atoms with Crippen LogP contribution in [0.15, 0.2) is 85.7 Å². The number of aromatic nitrogens is 7. The Kier molecular flexibility index (Phi) is 21.0. The van der Waals surface area contributed by atoms with E-state index in [4.69, 9.17) is 16.6 Å². The second kappa shape index (κ2) is 26.4. The van der Waals surface area contributed by atoms with Gasteiger partial charge in [-0.15, -0.1) is 11.3 Å². The highest BCUT2D eigenvalue weighted by atomic mass is 79.9. The van der Waals surface area contributed by atoms with Crippen LogP contribution in [0.1, 0.15) is 49.8 Å². The van der Waals surface area contributed by atoms with Crippen molar-refractivity contribution < 1.29 is 29.6 Å². The van der Waals surface area contributed by atoms with Gasteiger partial charge in [0.2, 0.25) is 11.9 Å². The number of ether oxygens (including phenoxy) is 2. The number of thiazole rings is 1. The van der Waals surface area contributed by atoms with Gasteiger partial charge in [0.1, 0.15) is 11.4 Å². The summed E-state index contributed by atoms with van der Waals surface area (Å²) in [6.45, 7) is 4.29. The molecule has 4 N–H and O–H groups in total. The highest BCUT2D eigenvalue weighted by molar-refractivity contribution is 9.10. The number of halogens is 2. The summed E-state index contributed by atoms with van der Waals surface area (Å²) in [7, 11) is -1.00. The number of Topliss-reactive ketones (excluding diaryl/α,β-unsaturated/α-hetero) is 1. The fraction of sp³-hybridized carbons (Fsp3) is 0.286. The first-order valence-electron chi connectivity index (χ1n) is 16.9. The van der Waals surface area contributed by atoms with Crippen molar-refractivity contribution in [2.75, 3.05) is 31.0 Å². The molecule has 0 fully saturated rings. The van der Waals surface area contributed by atoms with Gasteiger partial charge in [0.05, 0.1) is 38.7 Å². The Labute approximate surface area is 331 Å². The lowest BCUT2D eigenvalue weighted by atomic mass is 10.1. The largest absolute Gasteiger partial charge is 0.466 e. The normalized spacial score (nSPS) is 10.6. The van der Waals surface area contributed by atoms with Gasteiger partial charge in [-0.2, -0.15) is 0 Å². The molecule has 15 nitrogen and oxygen atoms in total. The van der Waals surface area contributed by atoms with Crippen LogP contribution in [0.3, 0.4) is 0 Å². The van der Waals surface area contributed by atoms with Crippen molar-refractivity contribution in [3.63, 3.8) is 0 Å². The highest BCUT2D eigenvalue weighted by Gasteiger charge is 2.19. The standard InChI is InChI=1S/C17H17N5O2S.C12H14BrNO3.C5H6N4S.CH3F/c1-2-24-14(23)8-7-13-15(12-6-3-4-9-18-12)21-17(25-13)22-16-19-10-5-11-20-16;1-2-17-11(15)7-6-9(13)12(16)10-5-3-4-8-14-10;6-4(10)9-5-7-2-1-3-8-5;1-2/h3-6,9-11H,2,7-8H2,1H3,(H,19,20,21,22);3-5,8-9H,2,6-7H2,1H3;1-3H,(H3,6,7,8,9,10);1H3/i;;;1D. The molecule has 1 unspecified atom stereocenters. The quantitative estimate of drug-likeness (QED) is 0.0483. The van der Waals surface area contributed by atoms with Crippen LogP contribution in [0.4, 0.5) is 21.4 Å². The number of nitrogens with two attached hydrogens (primary N) is 1. The zero-order valence-electron chi connectivity index (χ0n) is 30.4. The SMILES string of the molecule is CCOC(=O)CCC(Br)C(=O)c1ccccn1.CCOC(=O)CCc1sc(Nc2ncccn2)nc1-c1ccccn1.NC(=S)Nc1ncccn1.[2H]CF. The molecule has 19 heteroatoms. The summed E-state index contributed by atoms with van der Waals surface area (Å²) in [6.07, 6.45) is 11.3. The number of esters is 2. The summed E-state index contributed by atoms with van der Waals surface area (Å²) in [5.41, 5.74) is 7.09. The Hall–Kier alpha value is -5.40. The van der Waals surface area contributed by atoms with E-state index >= 15 is 0 Å². The van der Waals surface area contributed by atoms with Gasteiger partial charge in [0.25, 0.3) is 0 Å². The molecule has 5 rings (SSSR count). The van der Waals surface area contributed by atoms with E-state index in [-0.39, 0.29) is 29.3 Å². The maximum absolute atomic E-state index is 11.9. The number of carbonyl (C=O) groups excluding carboxylic acids is 3. The molecule has 0 aliphatic rings. The maximum Gasteiger partial charge on any atom is 0.306 e. The van der Waals surface area contributed by atoms with E-state index in [0.29, 0.717) is 55.2 Å². The molecule has 0 amide bonds. The van der Waals surface area contributed by atoms with Crippen LogP contribution in [-0.4, -0.2) is 82.9 Å². The van der Waals surface area contributed by atoms with E-state index in [1.54, 1.807) is 81.4 Å². The van der Waals surface area contributed by atoms with Crippen molar-refractivity contribution in [3.8, 4) is 11.4 Å². The first-order chi connectivity index (χ1) is 26.6. The van der Waals surface area contributed by atoms with Gasteiger partial charge in [-0.3, -0.25) is 28.7 Å². The average molecular weight is 845 g/mol. The van der Waals surface area contributed by atoms with Crippen molar-refractivity contribution in [2.24, 2.45) is 5.73 Å². The summed E-state index contributed by atoms with van der Waals surface area (Å²) < 4.78 is 25.3. The minimum atomic E-state index is -1.00. The number of ketones is 1. The fourth-order valence-electron chi connectivity index (χ4n) is 3.94. The smallest absolute Gasteiger partial charge is 0.306 e.